The third kappa shape index (κ3) is 14.4. The summed E-state index contributed by atoms with van der Waals surface area (Å²) in [6, 6.07) is 11.0. The van der Waals surface area contributed by atoms with E-state index < -0.39 is 171 Å². The van der Waals surface area contributed by atoms with E-state index in [4.69, 9.17) is 47.4 Å². The fourth-order valence-corrected chi connectivity index (χ4v) is 13.8. The van der Waals surface area contributed by atoms with Crippen LogP contribution in [-0.2, 0) is 107 Å². The Balaban J connectivity index is 0.000000187. The van der Waals surface area contributed by atoms with Crippen LogP contribution in [0.3, 0.4) is 0 Å². The SMILES string of the molecule is CCC(C)(C)C(=O)NS(=O)(=O)CC12CCC(CC1=O)C2(C)C.CCC(C)(C)C(=O)OC1C(=O)OC2C3OC(C)(c4ccc(C(=O)OC(C)C(F)(F)F)cc4)OC3OC12.CCC(C)(C)C(=O)OC1C(=O)OC2C3OC(C)(c4ccc(C(=O)OC(C)C(F)(F)F)cc4)OC3OC12. The summed E-state index contributed by atoms with van der Waals surface area (Å²) in [4.78, 5) is 98.4. The number of alkyl halides is 6. The molecular formula is C64H81F6NO22S. The normalized spacial score (nSPS) is 32.0. The van der Waals surface area contributed by atoms with Crippen molar-refractivity contribution in [2.24, 2.45) is 33.0 Å². The number of ether oxygens (including phenoxy) is 12. The lowest BCUT2D eigenvalue weighted by molar-refractivity contribution is -0.233. The molecule has 0 aromatic heterocycles. The highest BCUT2D eigenvalue weighted by Crippen LogP contribution is 2.64. The second kappa shape index (κ2) is 25.9. The number of Topliss-reactive ketones (excluding diaryl/α,β-unsaturated/α-hetero) is 1. The summed E-state index contributed by atoms with van der Waals surface area (Å²) < 4.78 is 169. The van der Waals surface area contributed by atoms with Crippen molar-refractivity contribution in [1.82, 2.24) is 4.72 Å². The van der Waals surface area contributed by atoms with Gasteiger partial charge in [0.1, 0.15) is 18.0 Å². The molecule has 1 amide bonds. The number of halogens is 6. The topological polar surface area (TPSA) is 293 Å². The minimum atomic E-state index is -4.67. The van der Waals surface area contributed by atoms with Gasteiger partial charge in [-0.15, -0.1) is 0 Å². The van der Waals surface area contributed by atoms with Crippen LogP contribution in [0.5, 0.6) is 0 Å². The Hall–Kier alpha value is -6.31. The number of hydrogen-bond donors (Lipinski definition) is 1. The molecule has 2 aromatic carbocycles. The van der Waals surface area contributed by atoms with Gasteiger partial charge in [0.2, 0.25) is 28.1 Å². The summed E-state index contributed by atoms with van der Waals surface area (Å²) in [6.07, 6.45) is -19.8. The maximum Gasteiger partial charge on any atom is 0.425 e. The van der Waals surface area contributed by atoms with Crippen LogP contribution in [0.4, 0.5) is 26.3 Å². The van der Waals surface area contributed by atoms with E-state index in [0.29, 0.717) is 43.2 Å². The van der Waals surface area contributed by atoms with E-state index in [9.17, 15) is 73.1 Å². The predicted molar refractivity (Wildman–Crippen MR) is 311 cm³/mol. The van der Waals surface area contributed by atoms with Crippen molar-refractivity contribution in [3.05, 3.63) is 70.8 Å². The van der Waals surface area contributed by atoms with Crippen LogP contribution in [0, 0.1) is 33.0 Å². The molecule has 0 spiro atoms. The molecule has 6 saturated heterocycles. The van der Waals surface area contributed by atoms with Crippen molar-refractivity contribution in [3.63, 3.8) is 0 Å². The van der Waals surface area contributed by atoms with Crippen LogP contribution >= 0.6 is 0 Å². The molecule has 0 radical (unpaired) electrons. The van der Waals surface area contributed by atoms with Gasteiger partial charge in [0.05, 0.1) is 33.1 Å². The van der Waals surface area contributed by atoms with Gasteiger partial charge in [0.15, 0.2) is 60.8 Å². The first kappa shape index (κ1) is 73.5. The molecule has 8 aliphatic rings. The Morgan fingerprint density at radius 1 is 0.574 bits per heavy atom. The molecule has 1 N–H and O–H groups in total. The lowest BCUT2D eigenvalue weighted by Crippen LogP contribution is -2.48. The Labute approximate surface area is 539 Å². The average Bonchev–Trinajstić information content (AvgIpc) is 1.56. The van der Waals surface area contributed by atoms with E-state index in [-0.39, 0.29) is 34.0 Å². The summed E-state index contributed by atoms with van der Waals surface area (Å²) in [5.41, 5.74) is -2.76. The number of fused-ring (bicyclic) bond motifs is 8. The summed E-state index contributed by atoms with van der Waals surface area (Å²) in [5, 5.41) is 0. The molecular weight excluding hydrogens is 1280 g/mol. The van der Waals surface area contributed by atoms with E-state index in [0.717, 1.165) is 20.3 Å². The Morgan fingerprint density at radius 3 is 1.27 bits per heavy atom. The van der Waals surface area contributed by atoms with Crippen LogP contribution in [0.1, 0.15) is 174 Å². The third-order valence-electron chi connectivity index (χ3n) is 19.8. The van der Waals surface area contributed by atoms with Crippen LogP contribution in [0.25, 0.3) is 0 Å². The van der Waals surface area contributed by atoms with Crippen LogP contribution in [-0.4, -0.2) is 148 Å². The maximum atomic E-state index is 12.7. The number of hydrogen-bond acceptors (Lipinski definition) is 22. The van der Waals surface area contributed by atoms with Gasteiger partial charge < -0.3 is 56.8 Å². The number of amides is 1. The van der Waals surface area contributed by atoms with Gasteiger partial charge in [-0.1, -0.05) is 72.7 Å². The van der Waals surface area contributed by atoms with Crippen molar-refractivity contribution >= 4 is 57.5 Å². The third-order valence-corrected chi connectivity index (χ3v) is 21.2. The molecule has 8 fully saturated rings. The van der Waals surface area contributed by atoms with Gasteiger partial charge in [-0.3, -0.25) is 23.9 Å². The predicted octanol–water partition coefficient (Wildman–Crippen LogP) is 9.03. The van der Waals surface area contributed by atoms with Gasteiger partial charge in [0.25, 0.3) is 0 Å². The minimum absolute atomic E-state index is 0.0429. The fourth-order valence-electron chi connectivity index (χ4n) is 11.8. The molecule has 2 bridgehead atoms. The molecule has 522 valence electrons. The molecule has 30 heteroatoms. The van der Waals surface area contributed by atoms with Crippen molar-refractivity contribution in [1.29, 1.82) is 0 Å². The van der Waals surface area contributed by atoms with Gasteiger partial charge in [-0.2, -0.15) is 26.3 Å². The van der Waals surface area contributed by atoms with Gasteiger partial charge in [0, 0.05) is 23.0 Å². The second-order valence-corrected chi connectivity index (χ2v) is 29.3. The number of ketones is 1. The highest BCUT2D eigenvalue weighted by atomic mass is 32.2. The lowest BCUT2D eigenvalue weighted by Gasteiger charge is -2.36. The zero-order chi connectivity index (χ0) is 70.2. The standard InChI is InChI=1S/2C24H27F3O9.C16H27NO4S/c2*1-6-22(3,4)21(30)34-16-14-15(32-19(16)29)17-20(33-14)36-23(5,35-17)13-9-7-12(8-10-13)18(28)31-11(2)24(25,26)27;1-6-14(2,3)13(19)17-22(20,21)10-16-8-7-11(9-12(16)18)15(16,4)5/h2*7-11,14-17,20H,6H2,1-5H3;11H,6-10H2,1-5H3,(H,17,19). The summed E-state index contributed by atoms with van der Waals surface area (Å²) >= 11 is 0. The molecule has 2 aliphatic carbocycles. The Kier molecular flexibility index (Phi) is 20.3. The zero-order valence-corrected chi connectivity index (χ0v) is 55.5. The summed E-state index contributed by atoms with van der Waals surface area (Å²) in [7, 11) is -3.83. The molecule has 6 aliphatic heterocycles. The van der Waals surface area contributed by atoms with Crippen LogP contribution in [0.15, 0.2) is 48.5 Å². The van der Waals surface area contributed by atoms with Crippen molar-refractivity contribution in [2.75, 3.05) is 5.75 Å². The van der Waals surface area contributed by atoms with Gasteiger partial charge in [-0.05, 0) is 123 Å². The van der Waals surface area contributed by atoms with Crippen molar-refractivity contribution in [2.45, 2.75) is 240 Å². The van der Waals surface area contributed by atoms with Crippen LogP contribution < -0.4 is 4.72 Å². The van der Waals surface area contributed by atoms with E-state index in [2.05, 4.69) is 14.2 Å². The molecule has 10 rings (SSSR count). The van der Waals surface area contributed by atoms with E-state index in [1.165, 1.54) is 48.5 Å². The number of rotatable bonds is 17. The largest absolute Gasteiger partial charge is 0.454 e. The maximum absolute atomic E-state index is 12.7. The zero-order valence-electron chi connectivity index (χ0n) is 54.7. The quantitative estimate of drug-likeness (QED) is 0.0877. The molecule has 2 saturated carbocycles. The highest BCUT2D eigenvalue weighted by Gasteiger charge is 2.68. The average molecular weight is 1360 g/mol. The number of nitrogens with one attached hydrogen (secondary N) is 1. The summed E-state index contributed by atoms with van der Waals surface area (Å²) in [6.45, 7) is 24.4. The number of carbonyl (C=O) groups is 8. The smallest absolute Gasteiger partial charge is 0.425 e. The monoisotopic (exact) mass is 1360 g/mol. The first-order valence-electron chi connectivity index (χ1n) is 30.9. The first-order chi connectivity index (χ1) is 43.2. The molecule has 16 unspecified atom stereocenters. The molecule has 16 atom stereocenters. The van der Waals surface area contributed by atoms with E-state index in [1.807, 2.05) is 34.6 Å². The Bertz CT molecular complexity index is 3210. The summed E-state index contributed by atoms with van der Waals surface area (Å²) in [5.74, 6) is -8.03. The van der Waals surface area contributed by atoms with E-state index in [1.54, 1.807) is 55.4 Å². The number of carbonyl (C=O) groups excluding carboxylic acids is 8. The lowest BCUT2D eigenvalue weighted by atomic mass is 9.70. The van der Waals surface area contributed by atoms with Crippen molar-refractivity contribution in [3.8, 4) is 0 Å². The number of sulfonamides is 1. The van der Waals surface area contributed by atoms with E-state index >= 15 is 0 Å². The number of esters is 6. The molecule has 94 heavy (non-hydrogen) atoms. The second-order valence-electron chi connectivity index (χ2n) is 27.6. The van der Waals surface area contributed by atoms with Gasteiger partial charge >= 0.3 is 48.2 Å². The molecule has 23 nitrogen and oxygen atoms in total. The van der Waals surface area contributed by atoms with Gasteiger partial charge in [-0.25, -0.2) is 27.6 Å². The highest BCUT2D eigenvalue weighted by molar-refractivity contribution is 7.90. The molecule has 6 heterocycles. The van der Waals surface area contributed by atoms with Crippen LogP contribution in [0.2, 0.25) is 0 Å². The van der Waals surface area contributed by atoms with Crippen molar-refractivity contribution < 1.29 is 130 Å². The minimum Gasteiger partial charge on any atom is -0.454 e. The Morgan fingerprint density at radius 2 is 0.947 bits per heavy atom. The fraction of sp³-hybridized carbons (Fsp3) is 0.688. The molecule has 2 aromatic rings. The number of benzene rings is 2. The first-order valence-corrected chi connectivity index (χ1v) is 32.6.